The number of aromatic amines is 1. The quantitative estimate of drug-likeness (QED) is 0.457. The summed E-state index contributed by atoms with van der Waals surface area (Å²) in [4.78, 5) is 64.2. The van der Waals surface area contributed by atoms with Gasteiger partial charge in [0.2, 0.25) is 5.91 Å². The first-order valence-corrected chi connectivity index (χ1v) is 8.84. The maximum absolute atomic E-state index is 13.0. The molecule has 0 spiro atoms. The maximum Gasteiger partial charge on any atom is 0.347 e. The van der Waals surface area contributed by atoms with Gasteiger partial charge in [0.05, 0.1) is 7.11 Å². The molecule has 1 amide bonds. The number of aryl methyl sites for hydroxylation is 1. The Morgan fingerprint density at radius 1 is 1.24 bits per heavy atom. The van der Waals surface area contributed by atoms with E-state index >= 15 is 0 Å². The van der Waals surface area contributed by atoms with Gasteiger partial charge >= 0.3 is 17.6 Å². The average molecular weight is 412 g/mol. The first-order valence-electron chi connectivity index (χ1n) is 8.84. The number of aromatic nitrogens is 2. The molecule has 3 N–H and O–H groups in total. The lowest BCUT2D eigenvalue weighted by atomic mass is 10.1. The average Bonchev–Trinajstić information content (AvgIpc) is 2.57. The largest absolute Gasteiger partial charge is 0.467 e. The highest BCUT2D eigenvalue weighted by Crippen LogP contribution is 2.20. The summed E-state index contributed by atoms with van der Waals surface area (Å²) in [5.41, 5.74) is 1.98. The minimum absolute atomic E-state index is 0.201. The van der Waals surface area contributed by atoms with Crippen LogP contribution >= 0.6 is 0 Å². The summed E-state index contributed by atoms with van der Waals surface area (Å²) in [6.07, 6.45) is 1.20. The van der Waals surface area contributed by atoms with Crippen LogP contribution in [0, 0.1) is 6.92 Å². The first-order chi connectivity index (χ1) is 13.1. The zero-order chi connectivity index (χ0) is 22.7. The second-order valence-electron chi connectivity index (χ2n) is 7.81. The van der Waals surface area contributed by atoms with Crippen molar-refractivity contribution in [2.75, 3.05) is 7.11 Å². The Morgan fingerprint density at radius 2 is 1.79 bits per heavy atom. The maximum atomic E-state index is 13.0. The van der Waals surface area contributed by atoms with E-state index in [1.165, 1.54) is 27.0 Å². The van der Waals surface area contributed by atoms with E-state index in [9.17, 15) is 24.0 Å². The number of rotatable bonds is 6. The lowest BCUT2D eigenvalue weighted by molar-refractivity contribution is -0.178. The SMILES string of the molecule is COC(=O)[C@H](C)N(C(=O)Cn1cc(C)c(=O)[nH]c1=O)C(C)(N)C(=O)OC(C)(C)C. The molecule has 11 nitrogen and oxygen atoms in total. The van der Waals surface area contributed by atoms with Crippen LogP contribution in [-0.4, -0.2) is 56.7 Å². The lowest BCUT2D eigenvalue weighted by Crippen LogP contribution is -2.67. The number of nitrogens with two attached hydrogens (primary N) is 1. The second kappa shape index (κ2) is 8.60. The van der Waals surface area contributed by atoms with Crippen LogP contribution in [0.25, 0.3) is 0 Å². The third-order valence-electron chi connectivity index (χ3n) is 4.01. The Hall–Kier alpha value is -2.95. The molecule has 1 heterocycles. The highest BCUT2D eigenvalue weighted by atomic mass is 16.6. The molecule has 11 heteroatoms. The Labute approximate surface area is 167 Å². The molecule has 0 saturated carbocycles. The van der Waals surface area contributed by atoms with Crippen molar-refractivity contribution in [3.05, 3.63) is 32.6 Å². The van der Waals surface area contributed by atoms with E-state index in [1.54, 1.807) is 20.8 Å². The van der Waals surface area contributed by atoms with Gasteiger partial charge in [-0.05, 0) is 41.5 Å². The van der Waals surface area contributed by atoms with Gasteiger partial charge in [0.15, 0.2) is 5.66 Å². The second-order valence-corrected chi connectivity index (χ2v) is 7.81. The molecule has 0 aliphatic carbocycles. The number of carbonyl (C=O) groups excluding carboxylic acids is 3. The van der Waals surface area contributed by atoms with E-state index in [0.717, 1.165) is 16.6 Å². The van der Waals surface area contributed by atoms with E-state index in [-0.39, 0.29) is 5.56 Å². The van der Waals surface area contributed by atoms with Gasteiger partial charge in [-0.15, -0.1) is 0 Å². The van der Waals surface area contributed by atoms with Crippen molar-refractivity contribution in [3.63, 3.8) is 0 Å². The highest BCUT2D eigenvalue weighted by molar-refractivity contribution is 5.91. The first kappa shape index (κ1) is 24.1. The predicted octanol–water partition coefficient (Wildman–Crippen LogP) is -0.748. The van der Waals surface area contributed by atoms with Crippen LogP contribution in [0.1, 0.15) is 40.2 Å². The van der Waals surface area contributed by atoms with E-state index in [2.05, 4.69) is 9.72 Å². The Bertz CT molecular complexity index is 908. The smallest absolute Gasteiger partial charge is 0.347 e. The number of hydrogen-bond donors (Lipinski definition) is 2. The number of hydrogen-bond acceptors (Lipinski definition) is 8. The molecule has 0 bridgehead atoms. The summed E-state index contributed by atoms with van der Waals surface area (Å²) in [5.74, 6) is -2.59. The number of esters is 2. The normalized spacial score (nSPS) is 14.5. The van der Waals surface area contributed by atoms with Crippen molar-refractivity contribution in [1.29, 1.82) is 0 Å². The Morgan fingerprint density at radius 3 is 2.28 bits per heavy atom. The molecular formula is C18H28N4O7. The zero-order valence-electron chi connectivity index (χ0n) is 17.7. The van der Waals surface area contributed by atoms with Crippen LogP contribution in [0.15, 0.2) is 15.8 Å². The molecule has 0 aliphatic rings. The standard InChI is InChI=1S/C18H28N4O7/c1-10-8-21(16(27)20-13(10)24)9-12(23)22(11(2)14(25)28-7)18(6,19)15(26)29-17(3,4)5/h8,11H,9,19H2,1-7H3,(H,20,24,27)/t11-,18?/m0/s1. The Balaban J connectivity index is 3.38. The Kier molecular flexibility index (Phi) is 7.14. The van der Waals surface area contributed by atoms with Gasteiger partial charge in [0.25, 0.3) is 5.56 Å². The monoisotopic (exact) mass is 412 g/mol. The summed E-state index contributed by atoms with van der Waals surface area (Å²) in [6.45, 7) is 8.31. The zero-order valence-corrected chi connectivity index (χ0v) is 17.7. The third kappa shape index (κ3) is 5.76. The fraction of sp³-hybridized carbons (Fsp3) is 0.611. The number of ether oxygens (including phenoxy) is 2. The summed E-state index contributed by atoms with van der Waals surface area (Å²) in [5, 5.41) is 0. The van der Waals surface area contributed by atoms with Gasteiger partial charge < -0.3 is 9.47 Å². The van der Waals surface area contributed by atoms with Gasteiger partial charge in [-0.2, -0.15) is 0 Å². The van der Waals surface area contributed by atoms with Crippen molar-refractivity contribution < 1.29 is 23.9 Å². The number of methoxy groups -OCH3 is 1. The summed E-state index contributed by atoms with van der Waals surface area (Å²) >= 11 is 0. The van der Waals surface area contributed by atoms with E-state index in [4.69, 9.17) is 10.5 Å². The lowest BCUT2D eigenvalue weighted by Gasteiger charge is -2.40. The molecule has 1 aromatic heterocycles. The van der Waals surface area contributed by atoms with Crippen molar-refractivity contribution >= 4 is 17.8 Å². The van der Waals surface area contributed by atoms with Gasteiger partial charge in [-0.3, -0.25) is 29.8 Å². The molecule has 0 radical (unpaired) electrons. The van der Waals surface area contributed by atoms with E-state index in [0.29, 0.717) is 0 Å². The molecule has 2 atom stereocenters. The van der Waals surface area contributed by atoms with Crippen LogP contribution in [0.3, 0.4) is 0 Å². The van der Waals surface area contributed by atoms with Crippen molar-refractivity contribution in [3.8, 4) is 0 Å². The summed E-state index contributed by atoms with van der Waals surface area (Å²) < 4.78 is 10.9. The molecule has 162 valence electrons. The van der Waals surface area contributed by atoms with Crippen LogP contribution < -0.4 is 17.0 Å². The number of nitrogens with zero attached hydrogens (tertiary/aromatic N) is 2. The minimum atomic E-state index is -2.04. The van der Waals surface area contributed by atoms with E-state index in [1.807, 2.05) is 0 Å². The highest BCUT2D eigenvalue weighted by Gasteiger charge is 2.46. The van der Waals surface area contributed by atoms with Crippen LogP contribution in [0.4, 0.5) is 0 Å². The molecule has 0 saturated heterocycles. The molecule has 1 unspecified atom stereocenters. The molecule has 0 aromatic carbocycles. The van der Waals surface area contributed by atoms with Crippen molar-refractivity contribution in [2.45, 2.75) is 65.4 Å². The molecule has 1 rings (SSSR count). The van der Waals surface area contributed by atoms with Gasteiger partial charge in [-0.25, -0.2) is 14.4 Å². The third-order valence-corrected chi connectivity index (χ3v) is 4.01. The van der Waals surface area contributed by atoms with Crippen molar-refractivity contribution in [2.24, 2.45) is 5.73 Å². The molecule has 29 heavy (non-hydrogen) atoms. The van der Waals surface area contributed by atoms with Gasteiger partial charge in [0.1, 0.15) is 18.2 Å². The molecule has 1 aromatic rings. The number of carbonyl (C=O) groups is 3. The number of H-pyrrole nitrogens is 1. The number of amides is 1. The van der Waals surface area contributed by atoms with E-state index < -0.39 is 52.9 Å². The van der Waals surface area contributed by atoms with Crippen LogP contribution in [0.2, 0.25) is 0 Å². The topological polar surface area (TPSA) is 154 Å². The fourth-order valence-corrected chi connectivity index (χ4v) is 2.59. The summed E-state index contributed by atoms with van der Waals surface area (Å²) in [7, 11) is 1.12. The fourth-order valence-electron chi connectivity index (χ4n) is 2.59. The van der Waals surface area contributed by atoms with Gasteiger partial charge in [-0.1, -0.05) is 0 Å². The van der Waals surface area contributed by atoms with Crippen molar-refractivity contribution in [1.82, 2.24) is 14.5 Å². The molecular weight excluding hydrogens is 384 g/mol. The predicted molar refractivity (Wildman–Crippen MR) is 103 cm³/mol. The van der Waals surface area contributed by atoms with Gasteiger partial charge in [0, 0.05) is 11.8 Å². The van der Waals surface area contributed by atoms with Crippen LogP contribution in [0.5, 0.6) is 0 Å². The summed E-state index contributed by atoms with van der Waals surface area (Å²) in [6, 6.07) is -1.26. The molecule has 0 fully saturated rings. The number of nitrogens with one attached hydrogen (secondary N) is 1. The molecule has 0 aliphatic heterocycles. The minimum Gasteiger partial charge on any atom is -0.467 e. The van der Waals surface area contributed by atoms with Crippen LogP contribution in [-0.2, 0) is 30.4 Å².